The Morgan fingerprint density at radius 2 is 2.44 bits per heavy atom. The van der Waals surface area contributed by atoms with Gasteiger partial charge in [0.05, 0.1) is 5.25 Å². The van der Waals surface area contributed by atoms with Crippen molar-refractivity contribution in [1.29, 1.82) is 0 Å². The van der Waals surface area contributed by atoms with E-state index in [1.165, 1.54) is 0 Å². The van der Waals surface area contributed by atoms with Gasteiger partial charge < -0.3 is 10.8 Å². The monoisotopic (exact) mass is 165 g/mol. The SMILES string of the molecule is CC(SCCN)C(O)=S. The van der Waals surface area contributed by atoms with Crippen molar-refractivity contribution < 1.29 is 5.11 Å². The van der Waals surface area contributed by atoms with Gasteiger partial charge in [-0.1, -0.05) is 0 Å². The van der Waals surface area contributed by atoms with E-state index in [4.69, 9.17) is 10.8 Å². The number of thioether (sulfide) groups is 1. The van der Waals surface area contributed by atoms with Crippen LogP contribution < -0.4 is 5.73 Å². The van der Waals surface area contributed by atoms with Crippen molar-refractivity contribution in [3.05, 3.63) is 0 Å². The van der Waals surface area contributed by atoms with Gasteiger partial charge >= 0.3 is 0 Å². The van der Waals surface area contributed by atoms with E-state index in [2.05, 4.69) is 12.2 Å². The van der Waals surface area contributed by atoms with Crippen LogP contribution in [0.25, 0.3) is 0 Å². The van der Waals surface area contributed by atoms with Crippen molar-refractivity contribution in [1.82, 2.24) is 0 Å². The molecule has 4 heteroatoms. The fourth-order valence-corrected chi connectivity index (χ4v) is 1.15. The van der Waals surface area contributed by atoms with Crippen LogP contribution in [-0.4, -0.2) is 27.7 Å². The van der Waals surface area contributed by atoms with Crippen LogP contribution in [0.15, 0.2) is 0 Å². The molecule has 0 amide bonds. The lowest BCUT2D eigenvalue weighted by molar-refractivity contribution is 0.555. The van der Waals surface area contributed by atoms with Crippen LogP contribution in [0, 0.1) is 0 Å². The van der Waals surface area contributed by atoms with Gasteiger partial charge in [0.25, 0.3) is 0 Å². The summed E-state index contributed by atoms with van der Waals surface area (Å²) in [6.45, 7) is 2.50. The molecule has 1 atom stereocenters. The average Bonchev–Trinajstić information content (AvgIpc) is 1.82. The topological polar surface area (TPSA) is 46.2 Å². The molecule has 3 N–H and O–H groups in total. The minimum absolute atomic E-state index is 0.0450. The normalized spacial score (nSPS) is 13.1. The fourth-order valence-electron chi connectivity index (χ4n) is 0.316. The van der Waals surface area contributed by atoms with Crippen molar-refractivity contribution in [3.8, 4) is 0 Å². The van der Waals surface area contributed by atoms with Crippen molar-refractivity contribution in [2.24, 2.45) is 5.73 Å². The molecular formula is C5H11NOS2. The summed E-state index contributed by atoms with van der Waals surface area (Å²) in [5.41, 5.74) is 5.23. The number of thiocarbonyl (C=S) groups is 1. The summed E-state index contributed by atoms with van der Waals surface area (Å²) >= 11 is 6.09. The fraction of sp³-hybridized carbons (Fsp3) is 0.800. The van der Waals surface area contributed by atoms with Crippen LogP contribution in [0.2, 0.25) is 0 Å². The Morgan fingerprint density at radius 1 is 1.89 bits per heavy atom. The quantitative estimate of drug-likeness (QED) is 0.609. The number of rotatable bonds is 4. The third kappa shape index (κ3) is 4.69. The Kier molecular flexibility index (Phi) is 5.13. The van der Waals surface area contributed by atoms with Gasteiger partial charge in [-0.25, -0.2) is 0 Å². The van der Waals surface area contributed by atoms with Gasteiger partial charge in [-0.05, 0) is 19.1 Å². The van der Waals surface area contributed by atoms with E-state index in [1.807, 2.05) is 6.92 Å². The lowest BCUT2D eigenvalue weighted by Crippen LogP contribution is -2.12. The standard InChI is InChI=1S/C5H11NOS2/c1-4(5(7)8)9-3-2-6/h4H,2-3,6H2,1H3,(H,7,8). The molecular weight excluding hydrogens is 154 g/mol. The molecule has 0 aliphatic rings. The summed E-state index contributed by atoms with van der Waals surface area (Å²) in [5.74, 6) is 0.849. The highest BCUT2D eigenvalue weighted by Crippen LogP contribution is 2.09. The Bertz CT molecular complexity index is 97.0. The maximum absolute atomic E-state index is 8.72. The molecule has 0 rings (SSSR count). The van der Waals surface area contributed by atoms with Gasteiger partial charge in [-0.2, -0.15) is 0 Å². The molecule has 0 saturated heterocycles. The summed E-state index contributed by atoms with van der Waals surface area (Å²) in [5, 5.41) is 8.83. The zero-order valence-corrected chi connectivity index (χ0v) is 6.97. The smallest absolute Gasteiger partial charge is 0.169 e. The second-order valence-electron chi connectivity index (χ2n) is 1.64. The number of aliphatic hydroxyl groups excluding tert-OH is 1. The highest BCUT2D eigenvalue weighted by atomic mass is 32.2. The maximum atomic E-state index is 8.72. The predicted molar refractivity (Wildman–Crippen MR) is 46.2 cm³/mol. The van der Waals surface area contributed by atoms with Gasteiger partial charge in [0, 0.05) is 12.3 Å². The Morgan fingerprint density at radius 3 is 2.78 bits per heavy atom. The highest BCUT2D eigenvalue weighted by Gasteiger charge is 2.04. The summed E-state index contributed by atoms with van der Waals surface area (Å²) in [4.78, 5) is 0. The Labute approximate surface area is 64.8 Å². The third-order valence-electron chi connectivity index (χ3n) is 0.833. The molecule has 0 heterocycles. The average molecular weight is 165 g/mol. The molecule has 9 heavy (non-hydrogen) atoms. The van der Waals surface area contributed by atoms with E-state index in [1.54, 1.807) is 11.8 Å². The van der Waals surface area contributed by atoms with Crippen molar-refractivity contribution >= 4 is 29.0 Å². The summed E-state index contributed by atoms with van der Waals surface area (Å²) < 4.78 is 0. The van der Waals surface area contributed by atoms with Crippen LogP contribution in [0.4, 0.5) is 0 Å². The van der Waals surface area contributed by atoms with Crippen LogP contribution in [0.5, 0.6) is 0 Å². The molecule has 0 fully saturated rings. The number of hydrogen-bond donors (Lipinski definition) is 2. The van der Waals surface area contributed by atoms with Gasteiger partial charge in [0.2, 0.25) is 0 Å². The van der Waals surface area contributed by atoms with E-state index in [0.29, 0.717) is 6.54 Å². The largest absolute Gasteiger partial charge is 0.501 e. The summed E-state index contributed by atoms with van der Waals surface area (Å²) in [7, 11) is 0. The van der Waals surface area contributed by atoms with Crippen LogP contribution in [0.3, 0.4) is 0 Å². The molecule has 0 radical (unpaired) electrons. The van der Waals surface area contributed by atoms with Gasteiger partial charge in [0.1, 0.15) is 0 Å². The van der Waals surface area contributed by atoms with Crippen LogP contribution in [0.1, 0.15) is 6.92 Å². The van der Waals surface area contributed by atoms with Gasteiger partial charge in [0.15, 0.2) is 5.05 Å². The molecule has 0 aromatic carbocycles. The molecule has 0 aromatic rings. The molecule has 0 aromatic heterocycles. The molecule has 0 saturated carbocycles. The zero-order chi connectivity index (χ0) is 7.28. The molecule has 0 bridgehead atoms. The predicted octanol–water partition coefficient (Wildman–Crippen LogP) is 0.952. The van der Waals surface area contributed by atoms with Gasteiger partial charge in [-0.3, -0.25) is 0 Å². The van der Waals surface area contributed by atoms with Crippen molar-refractivity contribution in [2.75, 3.05) is 12.3 Å². The van der Waals surface area contributed by atoms with Crippen LogP contribution >= 0.6 is 24.0 Å². The number of hydrogen-bond acceptors (Lipinski definition) is 3. The first kappa shape index (κ1) is 9.20. The first-order valence-electron chi connectivity index (χ1n) is 2.73. The second-order valence-corrected chi connectivity index (χ2v) is 3.51. The molecule has 1 unspecified atom stereocenters. The van der Waals surface area contributed by atoms with E-state index < -0.39 is 0 Å². The zero-order valence-electron chi connectivity index (χ0n) is 5.33. The third-order valence-corrected chi connectivity index (χ3v) is 2.53. The van der Waals surface area contributed by atoms with Crippen molar-refractivity contribution in [2.45, 2.75) is 12.2 Å². The Balaban J connectivity index is 3.27. The lowest BCUT2D eigenvalue weighted by atomic mass is 10.5. The molecule has 2 nitrogen and oxygen atoms in total. The molecule has 54 valence electrons. The van der Waals surface area contributed by atoms with E-state index >= 15 is 0 Å². The second kappa shape index (κ2) is 5.02. The minimum atomic E-state index is 0.0450. The minimum Gasteiger partial charge on any atom is -0.501 e. The van der Waals surface area contributed by atoms with Crippen LogP contribution in [-0.2, 0) is 0 Å². The molecule has 0 aliphatic heterocycles. The first-order valence-corrected chi connectivity index (χ1v) is 4.18. The number of nitrogens with two attached hydrogens (primary N) is 1. The maximum Gasteiger partial charge on any atom is 0.169 e. The highest BCUT2D eigenvalue weighted by molar-refractivity contribution is 8.01. The van der Waals surface area contributed by atoms with E-state index in [0.717, 1.165) is 5.75 Å². The van der Waals surface area contributed by atoms with Gasteiger partial charge in [-0.15, -0.1) is 11.8 Å². The Hall–Kier alpha value is 0.200. The summed E-state index contributed by atoms with van der Waals surface area (Å²) in [6.07, 6.45) is 0. The van der Waals surface area contributed by atoms with Crippen molar-refractivity contribution in [3.63, 3.8) is 0 Å². The number of aliphatic hydroxyl groups is 1. The first-order chi connectivity index (χ1) is 4.18. The van der Waals surface area contributed by atoms with E-state index in [-0.39, 0.29) is 10.3 Å². The lowest BCUT2D eigenvalue weighted by Gasteiger charge is -2.04. The molecule has 0 aliphatic carbocycles. The summed E-state index contributed by atoms with van der Waals surface area (Å²) in [6, 6.07) is 0. The van der Waals surface area contributed by atoms with E-state index in [9.17, 15) is 0 Å². The molecule has 0 spiro atoms.